The lowest BCUT2D eigenvalue weighted by Gasteiger charge is -2.12. The van der Waals surface area contributed by atoms with Gasteiger partial charge in [0.25, 0.3) is 0 Å². The minimum atomic E-state index is 0. The number of hydrogen-bond donors (Lipinski definition) is 2. The third kappa shape index (κ3) is 6.43. The van der Waals surface area contributed by atoms with E-state index in [1.54, 1.807) is 14.2 Å². The summed E-state index contributed by atoms with van der Waals surface area (Å²) in [5.41, 5.74) is 3.17. The molecule has 1 heterocycles. The number of ether oxygens (including phenoxy) is 1. The van der Waals surface area contributed by atoms with Crippen LogP contribution in [0.3, 0.4) is 0 Å². The molecule has 2 rings (SSSR count). The van der Waals surface area contributed by atoms with E-state index < -0.39 is 0 Å². The van der Waals surface area contributed by atoms with E-state index in [0.717, 1.165) is 28.7 Å². The molecule has 0 atom stereocenters. The highest BCUT2D eigenvalue weighted by Crippen LogP contribution is 2.10. The minimum Gasteiger partial charge on any atom is -0.497 e. The number of guanidine groups is 1. The van der Waals surface area contributed by atoms with Gasteiger partial charge in [0.2, 0.25) is 0 Å². The van der Waals surface area contributed by atoms with Crippen LogP contribution in [0.25, 0.3) is 0 Å². The molecule has 0 fully saturated rings. The van der Waals surface area contributed by atoms with E-state index in [4.69, 9.17) is 4.74 Å². The second-order valence-corrected chi connectivity index (χ2v) is 4.90. The van der Waals surface area contributed by atoms with E-state index in [0.29, 0.717) is 13.1 Å². The summed E-state index contributed by atoms with van der Waals surface area (Å²) >= 11 is 0. The van der Waals surface area contributed by atoms with Crippen molar-refractivity contribution in [2.45, 2.75) is 20.0 Å². The van der Waals surface area contributed by atoms with Crippen molar-refractivity contribution in [3.8, 4) is 5.75 Å². The number of aliphatic imine (C=N–C) groups is 1. The molecule has 0 amide bonds. The van der Waals surface area contributed by atoms with Gasteiger partial charge in [0.15, 0.2) is 5.96 Å². The molecular formula is C17H23IN4O. The smallest absolute Gasteiger partial charge is 0.191 e. The van der Waals surface area contributed by atoms with Crippen LogP contribution >= 0.6 is 24.0 Å². The molecular weight excluding hydrogens is 403 g/mol. The maximum absolute atomic E-state index is 5.15. The van der Waals surface area contributed by atoms with Crippen LogP contribution in [0.1, 0.15) is 17.0 Å². The van der Waals surface area contributed by atoms with Gasteiger partial charge in [-0.05, 0) is 36.8 Å². The fourth-order valence-electron chi connectivity index (χ4n) is 2.02. The average Bonchev–Trinajstić information content (AvgIpc) is 2.55. The SMILES string of the molecule is CN=C(NCc1ccc(OC)cc1)NCc1cccc(C)n1.I. The lowest BCUT2D eigenvalue weighted by molar-refractivity contribution is 0.414. The van der Waals surface area contributed by atoms with Crippen molar-refractivity contribution < 1.29 is 4.74 Å². The number of nitrogens with zero attached hydrogens (tertiary/aromatic N) is 2. The molecule has 2 N–H and O–H groups in total. The van der Waals surface area contributed by atoms with Crippen LogP contribution in [0.15, 0.2) is 47.5 Å². The van der Waals surface area contributed by atoms with Gasteiger partial charge in [-0.3, -0.25) is 9.98 Å². The number of methoxy groups -OCH3 is 1. The predicted octanol–water partition coefficient (Wildman–Crippen LogP) is 2.88. The summed E-state index contributed by atoms with van der Waals surface area (Å²) in [6, 6.07) is 13.9. The topological polar surface area (TPSA) is 58.5 Å². The molecule has 2 aromatic rings. The first-order valence-electron chi connectivity index (χ1n) is 7.21. The number of aromatic nitrogens is 1. The third-order valence-corrected chi connectivity index (χ3v) is 3.23. The van der Waals surface area contributed by atoms with E-state index in [2.05, 4.69) is 20.6 Å². The number of rotatable bonds is 5. The first kappa shape index (κ1) is 19.2. The van der Waals surface area contributed by atoms with Crippen molar-refractivity contribution in [2.24, 2.45) is 4.99 Å². The highest BCUT2D eigenvalue weighted by atomic mass is 127. The molecule has 0 spiro atoms. The summed E-state index contributed by atoms with van der Waals surface area (Å²) in [5, 5.41) is 6.54. The van der Waals surface area contributed by atoms with Crippen molar-refractivity contribution in [3.05, 3.63) is 59.4 Å². The Hall–Kier alpha value is -1.83. The Morgan fingerprint density at radius 1 is 1.09 bits per heavy atom. The fourth-order valence-corrected chi connectivity index (χ4v) is 2.02. The summed E-state index contributed by atoms with van der Waals surface area (Å²) in [5.74, 6) is 1.61. The highest BCUT2D eigenvalue weighted by molar-refractivity contribution is 14.0. The number of halogens is 1. The van der Waals surface area contributed by atoms with E-state index in [1.807, 2.05) is 49.4 Å². The van der Waals surface area contributed by atoms with Crippen molar-refractivity contribution in [1.82, 2.24) is 15.6 Å². The Morgan fingerprint density at radius 3 is 2.39 bits per heavy atom. The fraction of sp³-hybridized carbons (Fsp3) is 0.294. The Kier molecular flexibility index (Phi) is 8.39. The van der Waals surface area contributed by atoms with Crippen molar-refractivity contribution in [2.75, 3.05) is 14.2 Å². The number of nitrogens with one attached hydrogen (secondary N) is 2. The lowest BCUT2D eigenvalue weighted by Crippen LogP contribution is -2.36. The summed E-state index contributed by atoms with van der Waals surface area (Å²) in [6.45, 7) is 3.33. The molecule has 124 valence electrons. The summed E-state index contributed by atoms with van der Waals surface area (Å²) in [7, 11) is 3.42. The van der Waals surface area contributed by atoms with Gasteiger partial charge in [-0.25, -0.2) is 0 Å². The average molecular weight is 426 g/mol. The van der Waals surface area contributed by atoms with Crippen LogP contribution in [0.4, 0.5) is 0 Å². The molecule has 1 aromatic carbocycles. The van der Waals surface area contributed by atoms with Crippen LogP contribution in [0, 0.1) is 6.92 Å². The van der Waals surface area contributed by atoms with Gasteiger partial charge in [0.1, 0.15) is 5.75 Å². The standard InChI is InChI=1S/C17H22N4O.HI/c1-13-5-4-6-15(21-13)12-20-17(18-2)19-11-14-7-9-16(22-3)10-8-14;/h4-10H,11-12H2,1-3H3,(H2,18,19,20);1H. The zero-order valence-corrected chi connectivity index (χ0v) is 16.0. The van der Waals surface area contributed by atoms with E-state index in [-0.39, 0.29) is 24.0 Å². The van der Waals surface area contributed by atoms with Crippen LogP contribution in [0.2, 0.25) is 0 Å². The minimum absolute atomic E-state index is 0. The maximum Gasteiger partial charge on any atom is 0.191 e. The van der Waals surface area contributed by atoms with Crippen molar-refractivity contribution in [1.29, 1.82) is 0 Å². The Labute approximate surface area is 154 Å². The molecule has 0 unspecified atom stereocenters. The normalized spacial score (nSPS) is 10.7. The highest BCUT2D eigenvalue weighted by Gasteiger charge is 2.00. The molecule has 0 aliphatic carbocycles. The monoisotopic (exact) mass is 426 g/mol. The summed E-state index contributed by atoms with van der Waals surface area (Å²) in [4.78, 5) is 8.67. The van der Waals surface area contributed by atoms with E-state index in [1.165, 1.54) is 0 Å². The number of pyridine rings is 1. The zero-order chi connectivity index (χ0) is 15.8. The molecule has 23 heavy (non-hydrogen) atoms. The van der Waals surface area contributed by atoms with Crippen molar-refractivity contribution >= 4 is 29.9 Å². The van der Waals surface area contributed by atoms with Crippen LogP contribution in [-0.4, -0.2) is 25.1 Å². The maximum atomic E-state index is 5.15. The third-order valence-electron chi connectivity index (χ3n) is 3.23. The number of aryl methyl sites for hydroxylation is 1. The first-order chi connectivity index (χ1) is 10.7. The van der Waals surface area contributed by atoms with Crippen LogP contribution in [-0.2, 0) is 13.1 Å². The lowest BCUT2D eigenvalue weighted by atomic mass is 10.2. The van der Waals surface area contributed by atoms with Gasteiger partial charge in [-0.1, -0.05) is 18.2 Å². The molecule has 5 nitrogen and oxygen atoms in total. The molecule has 1 aromatic heterocycles. The second kappa shape index (κ2) is 10.0. The summed E-state index contributed by atoms with van der Waals surface area (Å²) < 4.78 is 5.15. The molecule has 0 saturated heterocycles. The van der Waals surface area contributed by atoms with Gasteiger partial charge in [-0.15, -0.1) is 24.0 Å². The molecule has 0 aliphatic heterocycles. The van der Waals surface area contributed by atoms with Gasteiger partial charge in [0, 0.05) is 19.3 Å². The van der Waals surface area contributed by atoms with Crippen LogP contribution in [0.5, 0.6) is 5.75 Å². The van der Waals surface area contributed by atoms with Gasteiger partial charge in [0.05, 0.1) is 19.3 Å². The second-order valence-electron chi connectivity index (χ2n) is 4.90. The van der Waals surface area contributed by atoms with Crippen molar-refractivity contribution in [3.63, 3.8) is 0 Å². The Morgan fingerprint density at radius 2 is 1.78 bits per heavy atom. The Bertz CT molecular complexity index is 629. The molecule has 0 saturated carbocycles. The summed E-state index contributed by atoms with van der Waals surface area (Å²) in [6.07, 6.45) is 0. The predicted molar refractivity (Wildman–Crippen MR) is 104 cm³/mol. The largest absolute Gasteiger partial charge is 0.497 e. The first-order valence-corrected chi connectivity index (χ1v) is 7.21. The molecule has 0 bridgehead atoms. The number of benzene rings is 1. The molecule has 0 radical (unpaired) electrons. The van der Waals surface area contributed by atoms with Gasteiger partial charge in [-0.2, -0.15) is 0 Å². The zero-order valence-electron chi connectivity index (χ0n) is 13.7. The quantitative estimate of drug-likeness (QED) is 0.439. The van der Waals surface area contributed by atoms with Gasteiger partial charge >= 0.3 is 0 Å². The van der Waals surface area contributed by atoms with E-state index in [9.17, 15) is 0 Å². The van der Waals surface area contributed by atoms with Gasteiger partial charge < -0.3 is 15.4 Å². The van der Waals surface area contributed by atoms with E-state index >= 15 is 0 Å². The molecule has 0 aliphatic rings. The molecule has 6 heteroatoms. The van der Waals surface area contributed by atoms with Crippen LogP contribution < -0.4 is 15.4 Å². The Balaban J connectivity index is 0.00000264. The number of hydrogen-bond acceptors (Lipinski definition) is 3.